The molecule has 7 nitrogen and oxygen atoms in total. The van der Waals surface area contributed by atoms with Gasteiger partial charge in [0.2, 0.25) is 5.89 Å². The molecule has 124 valence electrons. The summed E-state index contributed by atoms with van der Waals surface area (Å²) in [6.07, 6.45) is 2.68. The molecule has 1 aromatic carbocycles. The van der Waals surface area contributed by atoms with Gasteiger partial charge in [0, 0.05) is 18.9 Å². The van der Waals surface area contributed by atoms with Gasteiger partial charge in [-0.1, -0.05) is 35.5 Å². The van der Waals surface area contributed by atoms with E-state index in [-0.39, 0.29) is 0 Å². The van der Waals surface area contributed by atoms with Crippen LogP contribution in [0.3, 0.4) is 0 Å². The highest BCUT2D eigenvalue weighted by Gasteiger charge is 2.21. The molecule has 0 saturated heterocycles. The predicted octanol–water partition coefficient (Wildman–Crippen LogP) is 1.66. The highest BCUT2D eigenvalue weighted by atomic mass is 16.5. The fourth-order valence-electron chi connectivity index (χ4n) is 3.04. The van der Waals surface area contributed by atoms with Crippen molar-refractivity contribution in [1.82, 2.24) is 30.2 Å². The topological polar surface area (TPSA) is 81.7 Å². The molecule has 1 aliphatic rings. The van der Waals surface area contributed by atoms with Gasteiger partial charge in [-0.3, -0.25) is 0 Å². The Kier molecular flexibility index (Phi) is 4.08. The Balaban J connectivity index is 1.32. The van der Waals surface area contributed by atoms with Crippen molar-refractivity contribution in [2.75, 3.05) is 0 Å². The second-order valence-corrected chi connectivity index (χ2v) is 6.14. The number of hydrogen-bond donors (Lipinski definition) is 1. The molecule has 0 unspecified atom stereocenters. The number of rotatable bonds is 5. The molecule has 24 heavy (non-hydrogen) atoms. The maximum atomic E-state index is 5.34. The second kappa shape index (κ2) is 6.52. The van der Waals surface area contributed by atoms with Gasteiger partial charge in [0.15, 0.2) is 5.82 Å². The van der Waals surface area contributed by atoms with Gasteiger partial charge in [-0.25, -0.2) is 9.67 Å². The van der Waals surface area contributed by atoms with Crippen molar-refractivity contribution in [3.63, 3.8) is 0 Å². The van der Waals surface area contributed by atoms with Crippen LogP contribution < -0.4 is 5.32 Å². The van der Waals surface area contributed by atoms with E-state index in [9.17, 15) is 0 Å². The molecular formula is C17H20N6O. The Morgan fingerprint density at radius 3 is 3.00 bits per heavy atom. The summed E-state index contributed by atoms with van der Waals surface area (Å²) in [7, 11) is 0. The lowest BCUT2D eigenvalue weighted by Gasteiger charge is -2.22. The molecule has 0 saturated carbocycles. The number of benzene rings is 1. The van der Waals surface area contributed by atoms with Crippen molar-refractivity contribution >= 4 is 0 Å². The fraction of sp³-hybridized carbons (Fsp3) is 0.412. The first-order chi connectivity index (χ1) is 11.8. The summed E-state index contributed by atoms with van der Waals surface area (Å²) in [5.41, 5.74) is 1.18. The van der Waals surface area contributed by atoms with Crippen molar-refractivity contribution < 1.29 is 4.52 Å². The normalized spacial score (nSPS) is 17.0. The van der Waals surface area contributed by atoms with Crippen molar-refractivity contribution in [3.8, 4) is 0 Å². The van der Waals surface area contributed by atoms with Gasteiger partial charge < -0.3 is 9.84 Å². The lowest BCUT2D eigenvalue weighted by Crippen LogP contribution is -2.37. The summed E-state index contributed by atoms with van der Waals surface area (Å²) in [6.45, 7) is 3.34. The van der Waals surface area contributed by atoms with Crippen LogP contribution in [0, 0.1) is 6.92 Å². The van der Waals surface area contributed by atoms with Crippen molar-refractivity contribution in [2.24, 2.45) is 0 Å². The molecule has 1 aliphatic heterocycles. The summed E-state index contributed by atoms with van der Waals surface area (Å²) in [5, 5.41) is 12.0. The Hall–Kier alpha value is -2.54. The van der Waals surface area contributed by atoms with Crippen LogP contribution in [-0.2, 0) is 25.9 Å². The predicted molar refractivity (Wildman–Crippen MR) is 87.3 cm³/mol. The number of hydrogen-bond acceptors (Lipinski definition) is 6. The van der Waals surface area contributed by atoms with Crippen LogP contribution in [0.1, 0.15) is 35.3 Å². The van der Waals surface area contributed by atoms with Crippen LogP contribution in [0.15, 0.2) is 34.9 Å². The van der Waals surface area contributed by atoms with E-state index in [1.54, 1.807) is 0 Å². The maximum Gasteiger partial charge on any atom is 0.240 e. The number of aryl methyl sites for hydroxylation is 2. The van der Waals surface area contributed by atoms with Crippen molar-refractivity contribution in [3.05, 3.63) is 59.3 Å². The molecule has 0 spiro atoms. The summed E-state index contributed by atoms with van der Waals surface area (Å²) < 4.78 is 7.33. The molecule has 2 aromatic heterocycles. The maximum absolute atomic E-state index is 5.34. The largest absolute Gasteiger partial charge is 0.338 e. The van der Waals surface area contributed by atoms with Gasteiger partial charge in [0.25, 0.3) is 0 Å². The van der Waals surface area contributed by atoms with Gasteiger partial charge in [-0.05, 0) is 18.9 Å². The van der Waals surface area contributed by atoms with E-state index in [0.29, 0.717) is 24.9 Å². The smallest absolute Gasteiger partial charge is 0.240 e. The minimum Gasteiger partial charge on any atom is -0.338 e. The molecule has 7 heteroatoms. The van der Waals surface area contributed by atoms with Crippen LogP contribution in [0.4, 0.5) is 0 Å². The van der Waals surface area contributed by atoms with Crippen LogP contribution in [0.5, 0.6) is 0 Å². The molecule has 0 amide bonds. The van der Waals surface area contributed by atoms with Gasteiger partial charge in [0.1, 0.15) is 11.6 Å². The third-order valence-electron chi connectivity index (χ3n) is 4.22. The Labute approximate surface area is 140 Å². The molecule has 0 bridgehead atoms. The molecule has 0 aliphatic carbocycles. The minimum atomic E-state index is 0.350. The van der Waals surface area contributed by atoms with E-state index in [0.717, 1.165) is 36.9 Å². The van der Waals surface area contributed by atoms with Gasteiger partial charge in [0.05, 0.1) is 13.1 Å². The van der Waals surface area contributed by atoms with E-state index in [1.165, 1.54) is 5.56 Å². The second-order valence-electron chi connectivity index (χ2n) is 6.14. The SMILES string of the molecule is Cc1nc2n(n1)C[C@H](NCc1nc(Cc3ccccc3)no1)CC2. The number of nitrogens with zero attached hydrogens (tertiary/aromatic N) is 5. The van der Waals surface area contributed by atoms with E-state index < -0.39 is 0 Å². The lowest BCUT2D eigenvalue weighted by atomic mass is 10.1. The summed E-state index contributed by atoms with van der Waals surface area (Å²) in [5.74, 6) is 3.26. The number of nitrogens with one attached hydrogen (secondary N) is 1. The summed E-state index contributed by atoms with van der Waals surface area (Å²) in [4.78, 5) is 8.89. The Morgan fingerprint density at radius 2 is 2.12 bits per heavy atom. The van der Waals surface area contributed by atoms with Crippen LogP contribution in [0.25, 0.3) is 0 Å². The molecule has 1 N–H and O–H groups in total. The number of aromatic nitrogens is 5. The molecule has 3 aromatic rings. The Morgan fingerprint density at radius 1 is 1.25 bits per heavy atom. The monoisotopic (exact) mass is 324 g/mol. The summed E-state index contributed by atoms with van der Waals surface area (Å²) >= 11 is 0. The first-order valence-electron chi connectivity index (χ1n) is 8.25. The van der Waals surface area contributed by atoms with E-state index in [1.807, 2.05) is 29.8 Å². The zero-order valence-electron chi connectivity index (χ0n) is 13.6. The molecular weight excluding hydrogens is 304 g/mol. The zero-order chi connectivity index (χ0) is 16.4. The van der Waals surface area contributed by atoms with E-state index >= 15 is 0 Å². The van der Waals surface area contributed by atoms with Crippen LogP contribution in [-0.4, -0.2) is 30.9 Å². The standard InChI is InChI=1S/C17H20N6O/c1-12-19-16-8-7-14(11-23(16)21-12)18-10-17-20-15(22-24-17)9-13-5-3-2-4-6-13/h2-6,14,18H,7-11H2,1H3/t14-/m1/s1. The third-order valence-corrected chi connectivity index (χ3v) is 4.22. The van der Waals surface area contributed by atoms with E-state index in [2.05, 4.69) is 37.7 Å². The van der Waals surface area contributed by atoms with Crippen molar-refractivity contribution in [2.45, 2.75) is 45.3 Å². The van der Waals surface area contributed by atoms with E-state index in [4.69, 9.17) is 4.52 Å². The zero-order valence-corrected chi connectivity index (χ0v) is 13.6. The van der Waals surface area contributed by atoms with Crippen LogP contribution >= 0.6 is 0 Å². The van der Waals surface area contributed by atoms with Gasteiger partial charge >= 0.3 is 0 Å². The average molecular weight is 324 g/mol. The van der Waals surface area contributed by atoms with Crippen LogP contribution in [0.2, 0.25) is 0 Å². The molecule has 0 fully saturated rings. The average Bonchev–Trinajstić information content (AvgIpc) is 3.18. The third kappa shape index (κ3) is 3.35. The minimum absolute atomic E-state index is 0.350. The first kappa shape index (κ1) is 15.0. The first-order valence-corrected chi connectivity index (χ1v) is 8.25. The van der Waals surface area contributed by atoms with Gasteiger partial charge in [-0.15, -0.1) is 0 Å². The lowest BCUT2D eigenvalue weighted by molar-refractivity contribution is 0.319. The number of fused-ring (bicyclic) bond motifs is 1. The van der Waals surface area contributed by atoms with Crippen molar-refractivity contribution in [1.29, 1.82) is 0 Å². The quantitative estimate of drug-likeness (QED) is 0.769. The summed E-state index contributed by atoms with van der Waals surface area (Å²) in [6, 6.07) is 10.5. The molecule has 3 heterocycles. The highest BCUT2D eigenvalue weighted by Crippen LogP contribution is 2.13. The Bertz CT molecular complexity index is 810. The fourth-order valence-corrected chi connectivity index (χ4v) is 3.04. The van der Waals surface area contributed by atoms with Gasteiger partial charge in [-0.2, -0.15) is 10.1 Å². The highest BCUT2D eigenvalue weighted by molar-refractivity contribution is 5.18. The molecule has 1 atom stereocenters. The molecule has 4 rings (SSSR count). The molecule has 0 radical (unpaired) electrons.